The van der Waals surface area contributed by atoms with Gasteiger partial charge in [-0.15, -0.1) is 0 Å². The van der Waals surface area contributed by atoms with Crippen LogP contribution in [0, 0.1) is 13.8 Å². The predicted molar refractivity (Wildman–Crippen MR) is 126 cm³/mol. The fraction of sp³-hybridized carbons (Fsp3) is 0.182. The van der Waals surface area contributed by atoms with Crippen LogP contribution in [0.5, 0.6) is 0 Å². The molecule has 0 amide bonds. The molecule has 4 aromatic rings. The zero-order chi connectivity index (χ0) is 29.7. The van der Waals surface area contributed by atoms with Crippen molar-refractivity contribution in [3.8, 4) is 11.4 Å². The van der Waals surface area contributed by atoms with Crippen LogP contribution >= 0.6 is 15.6 Å². The quantitative estimate of drug-likeness (QED) is 0.116. The number of hydrogen-bond donors (Lipinski definition) is 0. The standard InChI is InChI=1S/C22H22N2.2F6P/c1-15-5-9-19-17(13-15)7-11-21(23(19)3)22-12-8-18-14-16(2)6-10-20(18)24(22)4;2*1-7(2,3,4,5)6/h5-14H,1-4H3;;/q+2;2*-1. The number of aryl methyl sites for hydroxylation is 4. The van der Waals surface area contributed by atoms with Crippen molar-refractivity contribution >= 4 is 37.4 Å². The summed E-state index contributed by atoms with van der Waals surface area (Å²) in [6.45, 7) is 4.28. The average Bonchev–Trinajstić information content (AvgIpc) is 2.64. The first kappa shape index (κ1) is 31.5. The molecule has 0 aliphatic heterocycles. The molecular formula is C22H22F12N2P2. The van der Waals surface area contributed by atoms with Crippen molar-refractivity contribution in [3.63, 3.8) is 0 Å². The van der Waals surface area contributed by atoms with Crippen molar-refractivity contribution in [1.82, 2.24) is 0 Å². The van der Waals surface area contributed by atoms with Gasteiger partial charge in [0.25, 0.3) is 11.4 Å². The van der Waals surface area contributed by atoms with Crippen molar-refractivity contribution in [3.05, 3.63) is 71.8 Å². The van der Waals surface area contributed by atoms with E-state index in [1.54, 1.807) is 0 Å². The van der Waals surface area contributed by atoms with E-state index in [9.17, 15) is 50.4 Å². The predicted octanol–water partition coefficient (Wildman–Crippen LogP) is 10.7. The van der Waals surface area contributed by atoms with Gasteiger partial charge in [0.15, 0.2) is 0 Å². The summed E-state index contributed by atoms with van der Waals surface area (Å²) in [5, 5.41) is 2.56. The van der Waals surface area contributed by atoms with E-state index in [1.165, 1.54) is 44.3 Å². The van der Waals surface area contributed by atoms with E-state index in [0.717, 1.165) is 0 Å². The monoisotopic (exact) mass is 604 g/mol. The first-order valence-electron chi connectivity index (χ1n) is 10.4. The van der Waals surface area contributed by atoms with Crippen LogP contribution in [0.15, 0.2) is 60.7 Å². The third-order valence-electron chi connectivity index (χ3n) is 4.92. The van der Waals surface area contributed by atoms with E-state index in [4.69, 9.17) is 0 Å². The van der Waals surface area contributed by atoms with Gasteiger partial charge in [0.2, 0.25) is 11.0 Å². The Hall–Kier alpha value is -2.72. The molecule has 0 atom stereocenters. The van der Waals surface area contributed by atoms with Gasteiger partial charge in [-0.2, -0.15) is 9.13 Å². The first-order valence-corrected chi connectivity index (χ1v) is 14.4. The number of hydrogen-bond acceptors (Lipinski definition) is 0. The van der Waals surface area contributed by atoms with Crippen molar-refractivity contribution in [2.24, 2.45) is 14.1 Å². The van der Waals surface area contributed by atoms with Crippen LogP contribution in [-0.2, 0) is 14.1 Å². The Morgan fingerprint density at radius 1 is 0.447 bits per heavy atom. The molecule has 2 aromatic carbocycles. The second-order valence-electron chi connectivity index (χ2n) is 8.60. The summed E-state index contributed by atoms with van der Waals surface area (Å²) >= 11 is 0. The van der Waals surface area contributed by atoms with Crippen LogP contribution in [-0.4, -0.2) is 0 Å². The summed E-state index contributed by atoms with van der Waals surface area (Å²) in [4.78, 5) is 0. The Balaban J connectivity index is 0.000000301. The zero-order valence-electron chi connectivity index (χ0n) is 20.1. The topological polar surface area (TPSA) is 7.76 Å². The van der Waals surface area contributed by atoms with Gasteiger partial charge in [0.1, 0.15) is 14.1 Å². The molecule has 0 saturated heterocycles. The molecule has 0 fully saturated rings. The molecule has 38 heavy (non-hydrogen) atoms. The molecule has 0 unspecified atom stereocenters. The van der Waals surface area contributed by atoms with Gasteiger partial charge in [-0.1, -0.05) is 23.3 Å². The molecule has 0 bridgehead atoms. The fourth-order valence-electron chi connectivity index (χ4n) is 3.56. The van der Waals surface area contributed by atoms with Crippen molar-refractivity contribution in [2.45, 2.75) is 13.8 Å². The van der Waals surface area contributed by atoms with Crippen LogP contribution in [0.25, 0.3) is 33.2 Å². The number of fused-ring (bicyclic) bond motifs is 2. The number of pyridine rings is 2. The maximum atomic E-state index is 9.87. The first-order chi connectivity index (χ1) is 16.4. The number of benzene rings is 2. The van der Waals surface area contributed by atoms with Gasteiger partial charge in [0.05, 0.1) is 0 Å². The van der Waals surface area contributed by atoms with Gasteiger partial charge >= 0.3 is 66.0 Å². The minimum absolute atomic E-state index is 1.22. The van der Waals surface area contributed by atoms with Gasteiger partial charge in [-0.3, -0.25) is 0 Å². The number of rotatable bonds is 1. The van der Waals surface area contributed by atoms with Gasteiger partial charge in [-0.25, -0.2) is 0 Å². The Morgan fingerprint density at radius 3 is 0.974 bits per heavy atom. The third-order valence-corrected chi connectivity index (χ3v) is 4.92. The summed E-state index contributed by atoms with van der Waals surface area (Å²) in [6.07, 6.45) is 0. The maximum absolute atomic E-state index is 10.7. The summed E-state index contributed by atoms with van der Waals surface area (Å²) in [5.74, 6) is 0. The summed E-state index contributed by atoms with van der Waals surface area (Å²) < 4.78 is 123. The van der Waals surface area contributed by atoms with Crippen LogP contribution in [0.3, 0.4) is 0 Å². The van der Waals surface area contributed by atoms with Crippen molar-refractivity contribution in [2.75, 3.05) is 0 Å². The molecule has 2 nitrogen and oxygen atoms in total. The van der Waals surface area contributed by atoms with Gasteiger partial charge in [-0.05, 0) is 38.1 Å². The van der Waals surface area contributed by atoms with Crippen molar-refractivity contribution in [1.29, 1.82) is 0 Å². The minimum atomic E-state index is -10.7. The molecule has 0 radical (unpaired) electrons. The van der Waals surface area contributed by atoms with E-state index in [0.29, 0.717) is 0 Å². The Morgan fingerprint density at radius 2 is 0.711 bits per heavy atom. The van der Waals surface area contributed by atoms with Gasteiger partial charge in [0, 0.05) is 35.0 Å². The van der Waals surface area contributed by atoms with E-state index < -0.39 is 15.6 Å². The van der Waals surface area contributed by atoms with Crippen LogP contribution in [0.2, 0.25) is 0 Å². The van der Waals surface area contributed by atoms with Crippen molar-refractivity contribution < 1.29 is 59.5 Å². The molecule has 2 aromatic heterocycles. The summed E-state index contributed by atoms with van der Waals surface area (Å²) in [5.41, 5.74) is 7.53. The Labute approximate surface area is 208 Å². The third kappa shape index (κ3) is 12.2. The molecule has 0 aliphatic carbocycles. The number of nitrogens with zero attached hydrogens (tertiary/aromatic N) is 2. The molecule has 0 aliphatic rings. The van der Waals surface area contributed by atoms with E-state index in [1.807, 2.05) is 0 Å². The van der Waals surface area contributed by atoms with E-state index >= 15 is 0 Å². The number of halogens is 12. The van der Waals surface area contributed by atoms with Crippen LogP contribution in [0.1, 0.15) is 11.1 Å². The van der Waals surface area contributed by atoms with Crippen LogP contribution < -0.4 is 9.13 Å². The van der Waals surface area contributed by atoms with E-state index in [-0.39, 0.29) is 0 Å². The molecule has 0 saturated carbocycles. The molecular weight excluding hydrogens is 582 g/mol. The SMILES string of the molecule is Cc1ccc2c(ccc(-c3ccc4cc(C)ccc4[n+]3C)[n+]2C)c1.F[P-](F)(F)(F)(F)F.F[P-](F)(F)(F)(F)F. The molecule has 0 spiro atoms. The normalized spacial score (nSPS) is 15.7. The number of aromatic nitrogens is 2. The molecule has 2 heterocycles. The average molecular weight is 604 g/mol. The molecule has 4 rings (SSSR count). The van der Waals surface area contributed by atoms with Crippen LogP contribution in [0.4, 0.5) is 50.4 Å². The molecule has 0 N–H and O–H groups in total. The zero-order valence-corrected chi connectivity index (χ0v) is 21.9. The summed E-state index contributed by atoms with van der Waals surface area (Å²) in [6, 6.07) is 22.1. The second-order valence-corrected chi connectivity index (χ2v) is 12.4. The summed E-state index contributed by atoms with van der Waals surface area (Å²) in [7, 11) is -17.0. The molecule has 16 heteroatoms. The van der Waals surface area contributed by atoms with Gasteiger partial charge < -0.3 is 0 Å². The fourth-order valence-corrected chi connectivity index (χ4v) is 3.56. The van der Waals surface area contributed by atoms with E-state index in [2.05, 4.69) is 97.7 Å². The second kappa shape index (κ2) is 8.39. The molecule has 214 valence electrons. The Kier molecular flexibility index (Phi) is 6.95. The Bertz CT molecular complexity index is 1390.